The van der Waals surface area contributed by atoms with Crippen LogP contribution in [0.25, 0.3) is 22.2 Å². The van der Waals surface area contributed by atoms with E-state index in [2.05, 4.69) is 0 Å². The van der Waals surface area contributed by atoms with Crippen molar-refractivity contribution in [2.24, 2.45) is 5.73 Å². The van der Waals surface area contributed by atoms with Crippen molar-refractivity contribution in [2.75, 3.05) is 33.4 Å². The number of halogens is 1. The quantitative estimate of drug-likeness (QED) is 0.586. The Hall–Kier alpha value is -3.36. The van der Waals surface area contributed by atoms with E-state index in [0.717, 1.165) is 23.1 Å². The lowest BCUT2D eigenvalue weighted by Crippen LogP contribution is -2.60. The molecule has 1 aliphatic rings. The molecule has 3 aromatic rings. The van der Waals surface area contributed by atoms with Gasteiger partial charge in [0.15, 0.2) is 0 Å². The number of piperazine rings is 1. The molecule has 0 saturated carbocycles. The van der Waals surface area contributed by atoms with Crippen LogP contribution < -0.4 is 10.5 Å². The van der Waals surface area contributed by atoms with Gasteiger partial charge in [-0.3, -0.25) is 9.69 Å². The van der Waals surface area contributed by atoms with Crippen LogP contribution in [0.15, 0.2) is 48.5 Å². The Morgan fingerprint density at radius 2 is 1.91 bits per heavy atom. The number of nitrogens with zero attached hydrogens (tertiary/aromatic N) is 3. The third-order valence-corrected chi connectivity index (χ3v) is 6.07. The third kappa shape index (κ3) is 4.93. The van der Waals surface area contributed by atoms with Gasteiger partial charge in [0.25, 0.3) is 5.91 Å². The van der Waals surface area contributed by atoms with Gasteiger partial charge in [0.05, 0.1) is 36.5 Å². The fourth-order valence-corrected chi connectivity index (χ4v) is 4.17. The van der Waals surface area contributed by atoms with E-state index in [-0.39, 0.29) is 12.5 Å². The standard InChI is InChI=1S/C25H27ClN4O4/c1-3-12-34-25(32)30-11-10-29(15-23(30)27)24(31)17-6-9-19-20(26)14-21(28-22(19)13-17)16-4-7-18(33-2)8-5-16/h4-9,13-14,23H,3,10-12,15,27H2,1-2H3/t23-/m0/s1. The number of methoxy groups -OCH3 is 1. The van der Waals surface area contributed by atoms with Crippen molar-refractivity contribution in [1.29, 1.82) is 0 Å². The van der Waals surface area contributed by atoms with Gasteiger partial charge < -0.3 is 20.1 Å². The zero-order valence-electron chi connectivity index (χ0n) is 19.2. The van der Waals surface area contributed by atoms with E-state index in [1.54, 1.807) is 30.2 Å². The SMILES string of the molecule is CCCOC(=O)N1CCN(C(=O)c2ccc3c(Cl)cc(-c4ccc(OC)cc4)nc3c2)C[C@H]1N. The Morgan fingerprint density at radius 1 is 1.15 bits per heavy atom. The summed E-state index contributed by atoms with van der Waals surface area (Å²) in [4.78, 5) is 33.2. The monoisotopic (exact) mass is 482 g/mol. The molecule has 178 valence electrons. The maximum absolute atomic E-state index is 13.2. The van der Waals surface area contributed by atoms with Crippen LogP contribution in [0.5, 0.6) is 5.75 Å². The molecule has 1 aromatic heterocycles. The highest BCUT2D eigenvalue weighted by Gasteiger charge is 2.31. The third-order valence-electron chi connectivity index (χ3n) is 5.76. The van der Waals surface area contributed by atoms with E-state index < -0.39 is 12.3 Å². The maximum Gasteiger partial charge on any atom is 0.411 e. The molecule has 0 aliphatic carbocycles. The van der Waals surface area contributed by atoms with E-state index in [1.807, 2.05) is 37.3 Å². The number of amides is 2. The number of carbonyl (C=O) groups excluding carboxylic acids is 2. The number of hydrogen-bond acceptors (Lipinski definition) is 6. The molecule has 0 spiro atoms. The van der Waals surface area contributed by atoms with Gasteiger partial charge in [0.2, 0.25) is 0 Å². The van der Waals surface area contributed by atoms with E-state index in [4.69, 9.17) is 31.8 Å². The summed E-state index contributed by atoms with van der Waals surface area (Å²) in [5, 5.41) is 1.31. The minimum Gasteiger partial charge on any atom is -0.497 e. The summed E-state index contributed by atoms with van der Waals surface area (Å²) in [5.41, 5.74) is 8.86. The number of carbonyl (C=O) groups is 2. The van der Waals surface area contributed by atoms with Crippen LogP contribution in [0.2, 0.25) is 5.02 Å². The second-order valence-electron chi connectivity index (χ2n) is 8.08. The average Bonchev–Trinajstić information content (AvgIpc) is 2.86. The minimum atomic E-state index is -0.628. The zero-order valence-corrected chi connectivity index (χ0v) is 19.9. The van der Waals surface area contributed by atoms with Crippen molar-refractivity contribution in [2.45, 2.75) is 19.5 Å². The molecule has 0 bridgehead atoms. The topological polar surface area (TPSA) is 98.0 Å². The normalized spacial score (nSPS) is 15.9. The zero-order chi connectivity index (χ0) is 24.2. The average molecular weight is 483 g/mol. The van der Waals surface area contributed by atoms with Crippen LogP contribution in [-0.2, 0) is 4.74 Å². The van der Waals surface area contributed by atoms with E-state index in [9.17, 15) is 9.59 Å². The Balaban J connectivity index is 1.55. The predicted octanol–water partition coefficient (Wildman–Crippen LogP) is 4.15. The molecular weight excluding hydrogens is 456 g/mol. The molecule has 2 amide bonds. The summed E-state index contributed by atoms with van der Waals surface area (Å²) in [7, 11) is 1.61. The second-order valence-corrected chi connectivity index (χ2v) is 8.48. The number of ether oxygens (including phenoxy) is 2. The van der Waals surface area contributed by atoms with Gasteiger partial charge in [-0.15, -0.1) is 0 Å². The first-order chi connectivity index (χ1) is 16.4. The van der Waals surface area contributed by atoms with Gasteiger partial charge in [-0.25, -0.2) is 9.78 Å². The molecule has 2 heterocycles. The van der Waals surface area contributed by atoms with Gasteiger partial charge in [0, 0.05) is 29.6 Å². The van der Waals surface area contributed by atoms with Gasteiger partial charge >= 0.3 is 6.09 Å². The van der Waals surface area contributed by atoms with Crippen LogP contribution >= 0.6 is 11.6 Å². The molecule has 2 aromatic carbocycles. The molecule has 9 heteroatoms. The molecule has 34 heavy (non-hydrogen) atoms. The van der Waals surface area contributed by atoms with Crippen molar-refractivity contribution < 1.29 is 19.1 Å². The molecule has 8 nitrogen and oxygen atoms in total. The van der Waals surface area contributed by atoms with Crippen LogP contribution in [0, 0.1) is 0 Å². The van der Waals surface area contributed by atoms with E-state index in [0.29, 0.717) is 41.5 Å². The molecule has 0 unspecified atom stereocenters. The number of benzene rings is 2. The van der Waals surface area contributed by atoms with Crippen LogP contribution in [0.1, 0.15) is 23.7 Å². The Labute approximate surface area is 203 Å². The highest BCUT2D eigenvalue weighted by molar-refractivity contribution is 6.35. The van der Waals surface area contributed by atoms with Crippen molar-refractivity contribution in [3.05, 3.63) is 59.1 Å². The summed E-state index contributed by atoms with van der Waals surface area (Å²) in [6, 6.07) is 14.6. The molecule has 4 rings (SSSR count). The Kier molecular flexibility index (Phi) is 7.19. The minimum absolute atomic E-state index is 0.174. The Bertz CT molecular complexity index is 1200. The van der Waals surface area contributed by atoms with Crippen LogP contribution in [-0.4, -0.2) is 66.3 Å². The van der Waals surface area contributed by atoms with Gasteiger partial charge in [-0.2, -0.15) is 0 Å². The lowest BCUT2D eigenvalue weighted by molar-refractivity contribution is 0.0390. The van der Waals surface area contributed by atoms with Crippen molar-refractivity contribution in [3.63, 3.8) is 0 Å². The maximum atomic E-state index is 13.2. The fourth-order valence-electron chi connectivity index (χ4n) is 3.90. The summed E-state index contributed by atoms with van der Waals surface area (Å²) in [6.07, 6.45) is -0.339. The first kappa shape index (κ1) is 23.8. The highest BCUT2D eigenvalue weighted by atomic mass is 35.5. The van der Waals surface area contributed by atoms with E-state index >= 15 is 0 Å². The lowest BCUT2D eigenvalue weighted by Gasteiger charge is -2.38. The van der Waals surface area contributed by atoms with Gasteiger partial charge in [-0.1, -0.05) is 24.6 Å². The number of pyridine rings is 1. The summed E-state index contributed by atoms with van der Waals surface area (Å²) >= 11 is 6.53. The van der Waals surface area contributed by atoms with Crippen molar-refractivity contribution >= 4 is 34.5 Å². The largest absolute Gasteiger partial charge is 0.497 e. The van der Waals surface area contributed by atoms with Crippen molar-refractivity contribution in [1.82, 2.24) is 14.8 Å². The van der Waals surface area contributed by atoms with Gasteiger partial charge in [0.1, 0.15) is 11.9 Å². The first-order valence-corrected chi connectivity index (χ1v) is 11.5. The molecule has 2 N–H and O–H groups in total. The molecule has 1 fully saturated rings. The number of fused-ring (bicyclic) bond motifs is 1. The van der Waals surface area contributed by atoms with E-state index in [1.165, 1.54) is 4.90 Å². The fraction of sp³-hybridized carbons (Fsp3) is 0.320. The van der Waals surface area contributed by atoms with Gasteiger partial charge in [-0.05, 0) is 48.9 Å². The number of hydrogen-bond donors (Lipinski definition) is 1. The number of nitrogens with two attached hydrogens (primary N) is 1. The van der Waals surface area contributed by atoms with Crippen molar-refractivity contribution in [3.8, 4) is 17.0 Å². The molecule has 0 radical (unpaired) electrons. The summed E-state index contributed by atoms with van der Waals surface area (Å²) in [6.45, 7) is 3.17. The summed E-state index contributed by atoms with van der Waals surface area (Å²) in [5.74, 6) is 0.576. The van der Waals surface area contributed by atoms with Crippen LogP contribution in [0.4, 0.5) is 4.79 Å². The summed E-state index contributed by atoms with van der Waals surface area (Å²) < 4.78 is 10.4. The highest BCUT2D eigenvalue weighted by Crippen LogP contribution is 2.30. The lowest BCUT2D eigenvalue weighted by atomic mass is 10.1. The number of aromatic nitrogens is 1. The molecule has 1 aliphatic heterocycles. The number of rotatable bonds is 5. The molecular formula is C25H27ClN4O4. The first-order valence-electron chi connectivity index (χ1n) is 11.1. The Morgan fingerprint density at radius 3 is 2.59 bits per heavy atom. The smallest absolute Gasteiger partial charge is 0.411 e. The second kappa shape index (κ2) is 10.3. The predicted molar refractivity (Wildman–Crippen MR) is 131 cm³/mol. The molecule has 1 saturated heterocycles. The van der Waals surface area contributed by atoms with Crippen LogP contribution in [0.3, 0.4) is 0 Å². The molecule has 1 atom stereocenters.